The first-order valence-corrected chi connectivity index (χ1v) is 10.9. The Labute approximate surface area is 170 Å². The zero-order valence-electron chi connectivity index (χ0n) is 16.5. The highest BCUT2D eigenvalue weighted by Crippen LogP contribution is 2.37. The van der Waals surface area contributed by atoms with Crippen molar-refractivity contribution >= 4 is 38.0 Å². The third-order valence-corrected chi connectivity index (χ3v) is 6.81. The minimum Gasteiger partial charge on any atom is -0.493 e. The predicted molar refractivity (Wildman–Crippen MR) is 115 cm³/mol. The van der Waals surface area contributed by atoms with Crippen molar-refractivity contribution in [3.63, 3.8) is 0 Å². The molecular formula is C21H23N3O4S. The number of hydrogen-bond donors (Lipinski definition) is 2. The Bertz CT molecular complexity index is 1160. The fourth-order valence-electron chi connectivity index (χ4n) is 3.18. The molecule has 1 aliphatic rings. The summed E-state index contributed by atoms with van der Waals surface area (Å²) in [5.74, 6) is 1.25. The quantitative estimate of drug-likeness (QED) is 0.603. The van der Waals surface area contributed by atoms with E-state index in [0.717, 1.165) is 40.7 Å². The Morgan fingerprint density at radius 3 is 2.24 bits per heavy atom. The van der Waals surface area contributed by atoms with Crippen molar-refractivity contribution < 1.29 is 17.9 Å². The summed E-state index contributed by atoms with van der Waals surface area (Å²) in [5.41, 5.74) is 4.06. The summed E-state index contributed by atoms with van der Waals surface area (Å²) < 4.78 is 37.6. The molecule has 7 nitrogen and oxygen atoms in total. The minimum absolute atomic E-state index is 0.252. The van der Waals surface area contributed by atoms with E-state index in [1.807, 2.05) is 31.2 Å². The first-order valence-electron chi connectivity index (χ1n) is 9.31. The molecule has 0 atom stereocenters. The van der Waals surface area contributed by atoms with Gasteiger partial charge in [-0.2, -0.15) is 0 Å². The summed E-state index contributed by atoms with van der Waals surface area (Å²) in [4.78, 5) is 4.49. The number of aryl methyl sites for hydroxylation is 1. The molecule has 0 spiro atoms. The Morgan fingerprint density at radius 2 is 1.62 bits per heavy atom. The van der Waals surface area contributed by atoms with Gasteiger partial charge >= 0.3 is 0 Å². The Balaban J connectivity index is 1.64. The molecule has 1 aliphatic carbocycles. The molecule has 0 amide bonds. The van der Waals surface area contributed by atoms with Crippen molar-refractivity contribution in [2.45, 2.75) is 25.0 Å². The van der Waals surface area contributed by atoms with Gasteiger partial charge in [-0.15, -0.1) is 0 Å². The second-order valence-electron chi connectivity index (χ2n) is 7.09. The molecule has 0 saturated heterocycles. The molecule has 3 aromatic rings. The molecule has 8 heteroatoms. The Hall–Kier alpha value is -3.00. The van der Waals surface area contributed by atoms with Gasteiger partial charge in [-0.25, -0.2) is 8.42 Å². The molecule has 0 aliphatic heterocycles. The number of benzene rings is 2. The normalized spacial score (nSPS) is 13.9. The number of ether oxygens (including phenoxy) is 2. The lowest BCUT2D eigenvalue weighted by Crippen LogP contribution is -2.17. The number of fused-ring (bicyclic) bond motifs is 1. The van der Waals surface area contributed by atoms with Crippen molar-refractivity contribution in [2.24, 2.45) is 0 Å². The fraction of sp³-hybridized carbons (Fsp3) is 0.286. The number of hydrogen-bond acceptors (Lipinski definition) is 6. The van der Waals surface area contributed by atoms with Gasteiger partial charge in [0.2, 0.25) is 10.0 Å². The van der Waals surface area contributed by atoms with Crippen LogP contribution in [0.25, 0.3) is 10.9 Å². The fourth-order valence-corrected chi connectivity index (χ4v) is 4.56. The van der Waals surface area contributed by atoms with Gasteiger partial charge in [0.05, 0.1) is 30.7 Å². The Morgan fingerprint density at radius 1 is 1.00 bits per heavy atom. The zero-order chi connectivity index (χ0) is 20.6. The van der Waals surface area contributed by atoms with E-state index in [1.54, 1.807) is 32.5 Å². The summed E-state index contributed by atoms with van der Waals surface area (Å²) in [6.07, 6.45) is 3.27. The maximum absolute atomic E-state index is 12.1. The number of methoxy groups -OCH3 is 2. The highest BCUT2D eigenvalue weighted by atomic mass is 32.2. The molecule has 2 N–H and O–H groups in total. The van der Waals surface area contributed by atoms with Crippen LogP contribution in [0.3, 0.4) is 0 Å². The molecular weight excluding hydrogens is 390 g/mol. The van der Waals surface area contributed by atoms with E-state index in [4.69, 9.17) is 9.47 Å². The van der Waals surface area contributed by atoms with Crippen LogP contribution < -0.4 is 19.5 Å². The summed E-state index contributed by atoms with van der Waals surface area (Å²) in [6.45, 7) is 1.98. The van der Waals surface area contributed by atoms with Gasteiger partial charge in [0.15, 0.2) is 11.5 Å². The third-order valence-electron chi connectivity index (χ3n) is 4.94. The highest BCUT2D eigenvalue weighted by molar-refractivity contribution is 7.93. The first kappa shape index (κ1) is 19.3. The Kier molecular flexibility index (Phi) is 4.96. The predicted octanol–water partition coefficient (Wildman–Crippen LogP) is 4.21. The lowest BCUT2D eigenvalue weighted by atomic mass is 10.1. The van der Waals surface area contributed by atoms with Gasteiger partial charge < -0.3 is 14.8 Å². The summed E-state index contributed by atoms with van der Waals surface area (Å²) in [5, 5.41) is 4.07. The molecule has 29 heavy (non-hydrogen) atoms. The molecule has 1 aromatic heterocycles. The molecule has 2 aromatic carbocycles. The maximum atomic E-state index is 12.1. The molecule has 152 valence electrons. The zero-order valence-corrected chi connectivity index (χ0v) is 17.3. The van der Waals surface area contributed by atoms with Gasteiger partial charge in [0, 0.05) is 29.0 Å². The number of aromatic nitrogens is 1. The van der Waals surface area contributed by atoms with Crippen molar-refractivity contribution in [3.8, 4) is 11.5 Å². The van der Waals surface area contributed by atoms with Crippen LogP contribution in [-0.4, -0.2) is 32.9 Å². The average molecular weight is 413 g/mol. The van der Waals surface area contributed by atoms with Crippen molar-refractivity contribution in [3.05, 3.63) is 48.2 Å². The van der Waals surface area contributed by atoms with Crippen molar-refractivity contribution in [1.82, 2.24) is 4.98 Å². The lowest BCUT2D eigenvalue weighted by Gasteiger charge is -2.15. The van der Waals surface area contributed by atoms with E-state index in [0.29, 0.717) is 17.2 Å². The standard InChI is InChI=1S/C21H23N3O4S/c1-13-12-22-18-11-20(28-3)19(27-2)10-17(18)21(13)23-14-4-6-15(7-5-14)24-29(25,26)16-8-9-16/h4-7,10-12,16,24H,8-9H2,1-3H3,(H,22,23). The van der Waals surface area contributed by atoms with Crippen molar-refractivity contribution in [1.29, 1.82) is 0 Å². The number of sulfonamides is 1. The average Bonchev–Trinajstić information content (AvgIpc) is 3.56. The topological polar surface area (TPSA) is 89.5 Å². The number of rotatable bonds is 7. The monoisotopic (exact) mass is 413 g/mol. The molecule has 1 saturated carbocycles. The van der Waals surface area contributed by atoms with E-state index >= 15 is 0 Å². The molecule has 4 rings (SSSR count). The van der Waals surface area contributed by atoms with E-state index in [2.05, 4.69) is 15.0 Å². The van der Waals surface area contributed by atoms with Crippen LogP contribution in [0, 0.1) is 6.92 Å². The number of nitrogens with one attached hydrogen (secondary N) is 2. The summed E-state index contributed by atoms with van der Waals surface area (Å²) in [6, 6.07) is 10.9. The van der Waals surface area contributed by atoms with E-state index in [-0.39, 0.29) is 5.25 Å². The van der Waals surface area contributed by atoms with Crippen molar-refractivity contribution in [2.75, 3.05) is 24.3 Å². The van der Waals surface area contributed by atoms with Gasteiger partial charge in [-0.1, -0.05) is 0 Å². The van der Waals surface area contributed by atoms with Crippen LogP contribution in [-0.2, 0) is 10.0 Å². The number of nitrogens with zero attached hydrogens (tertiary/aromatic N) is 1. The van der Waals surface area contributed by atoms with Gasteiger partial charge in [-0.05, 0) is 55.7 Å². The van der Waals surface area contributed by atoms with E-state index in [9.17, 15) is 8.42 Å². The van der Waals surface area contributed by atoms with Gasteiger partial charge in [-0.3, -0.25) is 9.71 Å². The maximum Gasteiger partial charge on any atom is 0.235 e. The van der Waals surface area contributed by atoms with Crippen LogP contribution in [0.15, 0.2) is 42.6 Å². The SMILES string of the molecule is COc1cc2ncc(C)c(Nc3ccc(NS(=O)(=O)C4CC4)cc3)c2cc1OC. The molecule has 0 unspecified atom stereocenters. The van der Waals surface area contributed by atoms with Gasteiger partial charge in [0.25, 0.3) is 0 Å². The van der Waals surface area contributed by atoms with Crippen LogP contribution in [0.4, 0.5) is 17.1 Å². The second kappa shape index (κ2) is 7.44. The largest absolute Gasteiger partial charge is 0.493 e. The molecule has 1 fully saturated rings. The molecule has 0 radical (unpaired) electrons. The van der Waals surface area contributed by atoms with Crippen LogP contribution >= 0.6 is 0 Å². The summed E-state index contributed by atoms with van der Waals surface area (Å²) >= 11 is 0. The van der Waals surface area contributed by atoms with Crippen LogP contribution in [0.2, 0.25) is 0 Å². The molecule has 1 heterocycles. The third kappa shape index (κ3) is 3.93. The van der Waals surface area contributed by atoms with Gasteiger partial charge in [0.1, 0.15) is 0 Å². The first-order chi connectivity index (χ1) is 13.9. The number of pyridine rings is 1. The number of anilines is 3. The summed E-state index contributed by atoms with van der Waals surface area (Å²) in [7, 11) is -0.0742. The second-order valence-corrected chi connectivity index (χ2v) is 9.05. The highest BCUT2D eigenvalue weighted by Gasteiger charge is 2.35. The van der Waals surface area contributed by atoms with E-state index < -0.39 is 10.0 Å². The van der Waals surface area contributed by atoms with Crippen LogP contribution in [0.1, 0.15) is 18.4 Å². The van der Waals surface area contributed by atoms with Crippen LogP contribution in [0.5, 0.6) is 11.5 Å². The molecule has 0 bridgehead atoms. The minimum atomic E-state index is -3.27. The van der Waals surface area contributed by atoms with E-state index in [1.165, 1.54) is 0 Å². The smallest absolute Gasteiger partial charge is 0.235 e. The lowest BCUT2D eigenvalue weighted by molar-refractivity contribution is 0.356.